The Balaban J connectivity index is 2.20. The molecule has 0 bridgehead atoms. The molecule has 4 heteroatoms. The van der Waals surface area contributed by atoms with Gasteiger partial charge in [-0.05, 0) is 43.7 Å². The van der Waals surface area contributed by atoms with Gasteiger partial charge in [0.1, 0.15) is 0 Å². The molecule has 0 saturated carbocycles. The first kappa shape index (κ1) is 15.0. The normalized spacial score (nSPS) is 24.3. The highest BCUT2D eigenvalue weighted by Gasteiger charge is 2.33. The Bertz CT molecular complexity index is 353. The average molecular weight is 282 g/mol. The van der Waals surface area contributed by atoms with Gasteiger partial charge in [0.05, 0.1) is 6.04 Å². The number of nitrogens with zero attached hydrogens (tertiary/aromatic N) is 1. The Kier molecular flexibility index (Phi) is 5.82. The Morgan fingerprint density at radius 1 is 1.53 bits per heavy atom. The molecule has 1 fully saturated rings. The largest absolute Gasteiger partial charge is 0.396 e. The second-order valence-electron chi connectivity index (χ2n) is 5.43. The minimum absolute atomic E-state index is 0.179. The van der Waals surface area contributed by atoms with E-state index >= 15 is 0 Å². The van der Waals surface area contributed by atoms with Crippen molar-refractivity contribution in [3.05, 3.63) is 22.4 Å². The number of aliphatic hydroxyl groups excluding tert-OH is 1. The summed E-state index contributed by atoms with van der Waals surface area (Å²) in [6.45, 7) is 3.55. The van der Waals surface area contributed by atoms with Gasteiger partial charge in [-0.25, -0.2) is 0 Å². The highest BCUT2D eigenvalue weighted by atomic mass is 32.1. The standard InChI is InChI=1S/C15H26N2OS/c1-2-13(16)15(14-7-5-11-19-14)17-9-4-3-6-12(17)8-10-18/h5,7,11-13,15,18H,2-4,6,8-10,16H2,1H3. The van der Waals surface area contributed by atoms with Crippen LogP contribution >= 0.6 is 11.3 Å². The molecule has 0 radical (unpaired) electrons. The molecule has 1 saturated heterocycles. The second-order valence-corrected chi connectivity index (χ2v) is 6.41. The van der Waals surface area contributed by atoms with Crippen molar-refractivity contribution in [3.8, 4) is 0 Å². The summed E-state index contributed by atoms with van der Waals surface area (Å²) in [5.74, 6) is 0. The first-order chi connectivity index (χ1) is 9.27. The predicted octanol–water partition coefficient (Wildman–Crippen LogP) is 2.76. The number of aliphatic hydroxyl groups is 1. The fourth-order valence-corrected chi connectivity index (χ4v) is 4.07. The molecule has 108 valence electrons. The number of thiophene rings is 1. The van der Waals surface area contributed by atoms with Gasteiger partial charge in [-0.2, -0.15) is 0 Å². The lowest BCUT2D eigenvalue weighted by Crippen LogP contribution is -2.48. The van der Waals surface area contributed by atoms with E-state index in [1.165, 1.54) is 24.1 Å². The predicted molar refractivity (Wildman–Crippen MR) is 81.4 cm³/mol. The molecule has 1 aliphatic heterocycles. The molecule has 3 nitrogen and oxygen atoms in total. The Labute approximate surface area is 120 Å². The number of hydrogen-bond donors (Lipinski definition) is 2. The Hall–Kier alpha value is -0.420. The van der Waals surface area contributed by atoms with Crippen LogP contribution in [0.1, 0.15) is 49.9 Å². The topological polar surface area (TPSA) is 49.5 Å². The molecule has 0 aliphatic carbocycles. The van der Waals surface area contributed by atoms with Crippen molar-refractivity contribution in [1.82, 2.24) is 4.90 Å². The average Bonchev–Trinajstić information content (AvgIpc) is 2.95. The van der Waals surface area contributed by atoms with Crippen molar-refractivity contribution < 1.29 is 5.11 Å². The van der Waals surface area contributed by atoms with Crippen LogP contribution in [0.15, 0.2) is 17.5 Å². The van der Waals surface area contributed by atoms with Crippen LogP contribution in [0.2, 0.25) is 0 Å². The number of nitrogens with two attached hydrogens (primary N) is 1. The number of likely N-dealkylation sites (tertiary alicyclic amines) is 1. The molecule has 1 aliphatic rings. The molecular weight excluding hydrogens is 256 g/mol. The van der Waals surface area contributed by atoms with Crippen LogP contribution in [0, 0.1) is 0 Å². The van der Waals surface area contributed by atoms with Gasteiger partial charge in [-0.15, -0.1) is 11.3 Å². The molecular formula is C15H26N2OS. The lowest BCUT2D eigenvalue weighted by Gasteiger charge is -2.43. The van der Waals surface area contributed by atoms with E-state index in [-0.39, 0.29) is 12.6 Å². The van der Waals surface area contributed by atoms with Gasteiger partial charge in [0, 0.05) is 23.6 Å². The fraction of sp³-hybridized carbons (Fsp3) is 0.733. The van der Waals surface area contributed by atoms with Crippen molar-refractivity contribution in [2.45, 2.75) is 57.2 Å². The Morgan fingerprint density at radius 2 is 2.37 bits per heavy atom. The van der Waals surface area contributed by atoms with Crippen LogP contribution in [0.3, 0.4) is 0 Å². The van der Waals surface area contributed by atoms with Gasteiger partial charge in [0.2, 0.25) is 0 Å². The molecule has 19 heavy (non-hydrogen) atoms. The van der Waals surface area contributed by atoms with Crippen LogP contribution in [0.4, 0.5) is 0 Å². The smallest absolute Gasteiger partial charge is 0.0595 e. The van der Waals surface area contributed by atoms with Gasteiger partial charge >= 0.3 is 0 Å². The highest BCUT2D eigenvalue weighted by Crippen LogP contribution is 2.34. The monoisotopic (exact) mass is 282 g/mol. The van der Waals surface area contributed by atoms with E-state index in [0.717, 1.165) is 19.4 Å². The van der Waals surface area contributed by atoms with Gasteiger partial charge in [-0.1, -0.05) is 19.4 Å². The summed E-state index contributed by atoms with van der Waals surface area (Å²) >= 11 is 1.80. The summed E-state index contributed by atoms with van der Waals surface area (Å²) in [6.07, 6.45) is 5.59. The van der Waals surface area contributed by atoms with Crippen molar-refractivity contribution in [2.75, 3.05) is 13.2 Å². The second kappa shape index (κ2) is 7.39. The maximum atomic E-state index is 9.29. The summed E-state index contributed by atoms with van der Waals surface area (Å²) in [5, 5.41) is 11.4. The highest BCUT2D eigenvalue weighted by molar-refractivity contribution is 7.10. The fourth-order valence-electron chi connectivity index (χ4n) is 3.15. The molecule has 1 aromatic rings. The third-order valence-corrected chi connectivity index (χ3v) is 5.15. The van der Waals surface area contributed by atoms with Crippen LogP contribution in [0.25, 0.3) is 0 Å². The first-order valence-corrected chi connectivity index (χ1v) is 8.31. The third kappa shape index (κ3) is 3.57. The van der Waals surface area contributed by atoms with Gasteiger partial charge < -0.3 is 10.8 Å². The van der Waals surface area contributed by atoms with Crippen molar-refractivity contribution in [1.29, 1.82) is 0 Å². The molecule has 3 atom stereocenters. The van der Waals surface area contributed by atoms with E-state index in [1.807, 2.05) is 0 Å². The van der Waals surface area contributed by atoms with E-state index in [1.54, 1.807) is 11.3 Å². The lowest BCUT2D eigenvalue weighted by molar-refractivity contribution is 0.0635. The maximum absolute atomic E-state index is 9.29. The van der Waals surface area contributed by atoms with Crippen LogP contribution in [-0.4, -0.2) is 35.2 Å². The molecule has 3 unspecified atom stereocenters. The maximum Gasteiger partial charge on any atom is 0.0595 e. The van der Waals surface area contributed by atoms with Crippen LogP contribution < -0.4 is 5.73 Å². The van der Waals surface area contributed by atoms with Gasteiger partial charge in [-0.3, -0.25) is 4.90 Å². The number of hydrogen-bond acceptors (Lipinski definition) is 4. The van der Waals surface area contributed by atoms with Gasteiger partial charge in [0.25, 0.3) is 0 Å². The zero-order valence-corrected chi connectivity index (χ0v) is 12.6. The zero-order valence-electron chi connectivity index (χ0n) is 11.8. The molecule has 1 aromatic heterocycles. The van der Waals surface area contributed by atoms with E-state index in [4.69, 9.17) is 5.73 Å². The lowest BCUT2D eigenvalue weighted by atomic mass is 9.93. The number of rotatable bonds is 6. The third-order valence-electron chi connectivity index (χ3n) is 4.20. The van der Waals surface area contributed by atoms with E-state index in [0.29, 0.717) is 12.1 Å². The quantitative estimate of drug-likeness (QED) is 0.843. The van der Waals surface area contributed by atoms with Crippen LogP contribution in [0.5, 0.6) is 0 Å². The molecule has 2 heterocycles. The minimum atomic E-state index is 0.179. The molecule has 0 spiro atoms. The van der Waals surface area contributed by atoms with E-state index < -0.39 is 0 Å². The molecule has 2 rings (SSSR count). The van der Waals surface area contributed by atoms with Crippen molar-refractivity contribution in [3.63, 3.8) is 0 Å². The molecule has 0 aromatic carbocycles. The minimum Gasteiger partial charge on any atom is -0.396 e. The molecule has 3 N–H and O–H groups in total. The number of piperidine rings is 1. The first-order valence-electron chi connectivity index (χ1n) is 7.43. The van der Waals surface area contributed by atoms with E-state index in [2.05, 4.69) is 29.3 Å². The summed E-state index contributed by atoms with van der Waals surface area (Å²) < 4.78 is 0. The van der Waals surface area contributed by atoms with Gasteiger partial charge in [0.15, 0.2) is 0 Å². The van der Waals surface area contributed by atoms with Crippen molar-refractivity contribution in [2.24, 2.45) is 5.73 Å². The SMILES string of the molecule is CCC(N)C(c1cccs1)N1CCCCC1CCO. The summed E-state index contributed by atoms with van der Waals surface area (Å²) in [5.41, 5.74) is 6.40. The summed E-state index contributed by atoms with van der Waals surface area (Å²) in [6, 6.07) is 5.30. The van der Waals surface area contributed by atoms with Crippen molar-refractivity contribution >= 4 is 11.3 Å². The Morgan fingerprint density at radius 3 is 3.00 bits per heavy atom. The zero-order chi connectivity index (χ0) is 13.7. The molecule has 0 amide bonds. The van der Waals surface area contributed by atoms with E-state index in [9.17, 15) is 5.11 Å². The summed E-state index contributed by atoms with van der Waals surface area (Å²) in [4.78, 5) is 3.93. The summed E-state index contributed by atoms with van der Waals surface area (Å²) in [7, 11) is 0. The van der Waals surface area contributed by atoms with Crippen LogP contribution in [-0.2, 0) is 0 Å².